The first-order chi connectivity index (χ1) is 15.0. The van der Waals surface area contributed by atoms with E-state index in [4.69, 9.17) is 4.84 Å². The summed E-state index contributed by atoms with van der Waals surface area (Å²) in [6.45, 7) is 0.659. The number of nitrogens with one attached hydrogen (secondary N) is 1. The molecule has 1 amide bonds. The molecule has 1 aromatic heterocycles. The van der Waals surface area contributed by atoms with Crippen molar-refractivity contribution in [3.8, 4) is 11.1 Å². The highest BCUT2D eigenvalue weighted by atomic mass is 19.3. The molecule has 1 fully saturated rings. The molecule has 4 rings (SSSR count). The fraction of sp³-hybridized carbons (Fsp3) is 0.261. The number of rotatable bonds is 8. The third kappa shape index (κ3) is 5.14. The summed E-state index contributed by atoms with van der Waals surface area (Å²) in [6.07, 6.45) is 2.54. The van der Waals surface area contributed by atoms with Crippen LogP contribution in [-0.4, -0.2) is 28.5 Å². The van der Waals surface area contributed by atoms with E-state index in [0.717, 1.165) is 16.7 Å². The number of alkyl halides is 2. The molecule has 8 heteroatoms. The number of amides is 1. The Morgan fingerprint density at radius 3 is 2.71 bits per heavy atom. The number of hydrogen-bond donors (Lipinski definition) is 1. The van der Waals surface area contributed by atoms with Gasteiger partial charge in [-0.05, 0) is 36.0 Å². The zero-order valence-corrected chi connectivity index (χ0v) is 17.0. The van der Waals surface area contributed by atoms with Crippen molar-refractivity contribution >= 4 is 17.8 Å². The van der Waals surface area contributed by atoms with Gasteiger partial charge in [0.2, 0.25) is 0 Å². The standard InChI is InChI=1S/C23H22F2N4O2/c1-29-13-19(21(28-29)22(24)25)23(30)27-20-5-3-2-4-18(20)17-10-8-15(9-11-17)12-26-31-14-16-6-7-16/h2-5,8-13,16,22H,6-7,14H2,1H3,(H,27,30)/b26-12-. The van der Waals surface area contributed by atoms with E-state index in [2.05, 4.69) is 15.6 Å². The summed E-state index contributed by atoms with van der Waals surface area (Å²) in [4.78, 5) is 17.9. The molecule has 160 valence electrons. The van der Waals surface area contributed by atoms with Crippen molar-refractivity contribution in [2.75, 3.05) is 11.9 Å². The molecule has 0 spiro atoms. The van der Waals surface area contributed by atoms with E-state index in [1.54, 1.807) is 18.3 Å². The normalized spacial score (nSPS) is 13.7. The number of para-hydroxylation sites is 1. The van der Waals surface area contributed by atoms with Crippen LogP contribution in [0, 0.1) is 5.92 Å². The first-order valence-electron chi connectivity index (χ1n) is 9.99. The molecule has 1 saturated carbocycles. The van der Waals surface area contributed by atoms with Gasteiger partial charge in [0.15, 0.2) is 0 Å². The zero-order chi connectivity index (χ0) is 21.8. The lowest BCUT2D eigenvalue weighted by atomic mass is 10.0. The van der Waals surface area contributed by atoms with E-state index in [9.17, 15) is 13.6 Å². The van der Waals surface area contributed by atoms with Crippen LogP contribution in [0.1, 0.15) is 40.9 Å². The Kier molecular flexibility index (Phi) is 6.06. The highest BCUT2D eigenvalue weighted by Gasteiger charge is 2.23. The second kappa shape index (κ2) is 9.07. The van der Waals surface area contributed by atoms with Gasteiger partial charge in [-0.15, -0.1) is 0 Å². The number of hydrogen-bond acceptors (Lipinski definition) is 4. The lowest BCUT2D eigenvalue weighted by Crippen LogP contribution is -2.14. The Bertz CT molecular complexity index is 1090. The number of carbonyl (C=O) groups is 1. The fourth-order valence-corrected chi connectivity index (χ4v) is 3.16. The number of halogens is 2. The molecular weight excluding hydrogens is 402 g/mol. The third-order valence-electron chi connectivity index (χ3n) is 4.99. The largest absolute Gasteiger partial charge is 0.396 e. The van der Waals surface area contributed by atoms with Crippen LogP contribution in [0.2, 0.25) is 0 Å². The van der Waals surface area contributed by atoms with Crippen molar-refractivity contribution in [1.82, 2.24) is 9.78 Å². The molecule has 6 nitrogen and oxygen atoms in total. The highest BCUT2D eigenvalue weighted by Crippen LogP contribution is 2.30. The van der Waals surface area contributed by atoms with Crippen LogP contribution in [0.5, 0.6) is 0 Å². The monoisotopic (exact) mass is 424 g/mol. The van der Waals surface area contributed by atoms with E-state index < -0.39 is 18.0 Å². The topological polar surface area (TPSA) is 68.5 Å². The smallest absolute Gasteiger partial charge is 0.282 e. The Hall–Kier alpha value is -3.55. The van der Waals surface area contributed by atoms with Crippen LogP contribution in [0.15, 0.2) is 59.9 Å². The van der Waals surface area contributed by atoms with E-state index >= 15 is 0 Å². The molecule has 31 heavy (non-hydrogen) atoms. The van der Waals surface area contributed by atoms with Gasteiger partial charge < -0.3 is 10.2 Å². The molecule has 1 aliphatic carbocycles. The Morgan fingerprint density at radius 2 is 2.00 bits per heavy atom. The van der Waals surface area contributed by atoms with Crippen LogP contribution in [-0.2, 0) is 11.9 Å². The summed E-state index contributed by atoms with van der Waals surface area (Å²) in [6, 6.07) is 14.8. The third-order valence-corrected chi connectivity index (χ3v) is 4.99. The highest BCUT2D eigenvalue weighted by molar-refractivity contribution is 6.07. The Morgan fingerprint density at radius 1 is 1.26 bits per heavy atom. The minimum Gasteiger partial charge on any atom is -0.396 e. The SMILES string of the molecule is Cn1cc(C(=O)Nc2ccccc2-c2ccc(/C=N\OCC3CC3)cc2)c(C(F)F)n1. The quantitative estimate of drug-likeness (QED) is 0.407. The number of benzene rings is 2. The lowest BCUT2D eigenvalue weighted by Gasteiger charge is -2.11. The summed E-state index contributed by atoms with van der Waals surface area (Å²) in [7, 11) is 1.50. The predicted molar refractivity (Wildman–Crippen MR) is 114 cm³/mol. The lowest BCUT2D eigenvalue weighted by molar-refractivity contribution is 0.101. The molecule has 3 aromatic rings. The van der Waals surface area contributed by atoms with Gasteiger partial charge in [0.25, 0.3) is 12.3 Å². The fourth-order valence-electron chi connectivity index (χ4n) is 3.16. The van der Waals surface area contributed by atoms with E-state index in [-0.39, 0.29) is 5.56 Å². The predicted octanol–water partition coefficient (Wildman–Crippen LogP) is 5.04. The van der Waals surface area contributed by atoms with Crippen LogP contribution in [0.25, 0.3) is 11.1 Å². The van der Waals surface area contributed by atoms with Gasteiger partial charge in [0.1, 0.15) is 12.3 Å². The van der Waals surface area contributed by atoms with Gasteiger partial charge in [-0.2, -0.15) is 5.10 Å². The van der Waals surface area contributed by atoms with Crippen LogP contribution >= 0.6 is 0 Å². The summed E-state index contributed by atoms with van der Waals surface area (Å²) >= 11 is 0. The van der Waals surface area contributed by atoms with Crippen molar-refractivity contribution in [2.45, 2.75) is 19.3 Å². The minimum atomic E-state index is -2.83. The summed E-state index contributed by atoms with van der Waals surface area (Å²) < 4.78 is 27.6. The van der Waals surface area contributed by atoms with E-state index in [1.165, 1.54) is 30.8 Å². The van der Waals surface area contributed by atoms with E-state index in [0.29, 0.717) is 18.2 Å². The van der Waals surface area contributed by atoms with Gasteiger partial charge in [-0.25, -0.2) is 8.78 Å². The van der Waals surface area contributed by atoms with Crippen molar-refractivity contribution in [3.05, 3.63) is 71.5 Å². The zero-order valence-electron chi connectivity index (χ0n) is 17.0. The molecule has 0 radical (unpaired) electrons. The second-order valence-corrected chi connectivity index (χ2v) is 7.50. The van der Waals surface area contributed by atoms with Crippen LogP contribution < -0.4 is 5.32 Å². The average molecular weight is 424 g/mol. The Balaban J connectivity index is 1.50. The number of nitrogens with zero attached hydrogens (tertiary/aromatic N) is 3. The Labute approximate surface area is 178 Å². The molecular formula is C23H22F2N4O2. The van der Waals surface area contributed by atoms with Crippen molar-refractivity contribution in [3.63, 3.8) is 0 Å². The van der Waals surface area contributed by atoms with Crippen molar-refractivity contribution < 1.29 is 18.4 Å². The molecule has 0 saturated heterocycles. The number of aryl methyl sites for hydroxylation is 1. The van der Waals surface area contributed by atoms with Gasteiger partial charge in [-0.1, -0.05) is 47.6 Å². The molecule has 0 bridgehead atoms. The van der Waals surface area contributed by atoms with Crippen molar-refractivity contribution in [2.24, 2.45) is 18.1 Å². The number of carbonyl (C=O) groups excluding carboxylic acids is 1. The number of anilines is 1. The summed E-state index contributed by atoms with van der Waals surface area (Å²) in [5.74, 6) is 0.0158. The number of oxime groups is 1. The number of aromatic nitrogens is 2. The first kappa shape index (κ1) is 20.7. The van der Waals surface area contributed by atoms with E-state index in [1.807, 2.05) is 36.4 Å². The van der Waals surface area contributed by atoms with Gasteiger partial charge in [0, 0.05) is 24.5 Å². The maximum absolute atomic E-state index is 13.2. The van der Waals surface area contributed by atoms with Crippen molar-refractivity contribution in [1.29, 1.82) is 0 Å². The molecule has 1 heterocycles. The van der Waals surface area contributed by atoms with Gasteiger partial charge >= 0.3 is 0 Å². The second-order valence-electron chi connectivity index (χ2n) is 7.50. The maximum Gasteiger partial charge on any atom is 0.282 e. The van der Waals surface area contributed by atoms with Crippen LogP contribution in [0.4, 0.5) is 14.5 Å². The molecule has 1 aliphatic rings. The maximum atomic E-state index is 13.2. The first-order valence-corrected chi connectivity index (χ1v) is 9.99. The van der Waals surface area contributed by atoms with Crippen LogP contribution in [0.3, 0.4) is 0 Å². The molecule has 0 unspecified atom stereocenters. The summed E-state index contributed by atoms with van der Waals surface area (Å²) in [5, 5.41) is 10.4. The van der Waals surface area contributed by atoms with Gasteiger partial charge in [0.05, 0.1) is 11.8 Å². The summed E-state index contributed by atoms with van der Waals surface area (Å²) in [5.41, 5.74) is 2.36. The average Bonchev–Trinajstić information content (AvgIpc) is 3.50. The van der Waals surface area contributed by atoms with Gasteiger partial charge in [-0.3, -0.25) is 9.48 Å². The molecule has 1 N–H and O–H groups in total. The minimum absolute atomic E-state index is 0.148. The molecule has 0 atom stereocenters. The molecule has 2 aromatic carbocycles. The molecule has 0 aliphatic heterocycles.